The quantitative estimate of drug-likeness (QED) is 0.538. The molecule has 0 aliphatic carbocycles. The number of carboxylic acids is 1. The van der Waals surface area contributed by atoms with Gasteiger partial charge in [-0.15, -0.1) is 0 Å². The number of anilines is 2. The molecule has 0 unspecified atom stereocenters. The average Bonchev–Trinajstić information content (AvgIpc) is 3.14. The molecule has 1 saturated heterocycles. The van der Waals surface area contributed by atoms with Crippen molar-refractivity contribution in [2.45, 2.75) is 32.9 Å². The number of pyridine rings is 1. The van der Waals surface area contributed by atoms with E-state index in [2.05, 4.69) is 25.2 Å². The zero-order chi connectivity index (χ0) is 23.6. The molecule has 10 heteroatoms. The van der Waals surface area contributed by atoms with Crippen LogP contribution in [-0.4, -0.2) is 73.7 Å². The topological polar surface area (TPSA) is 124 Å². The number of imidazole rings is 1. The van der Waals surface area contributed by atoms with Gasteiger partial charge in [-0.1, -0.05) is 0 Å². The molecule has 0 atom stereocenters. The monoisotopic (exact) mass is 452 g/mol. The van der Waals surface area contributed by atoms with Gasteiger partial charge in [-0.3, -0.25) is 4.90 Å². The van der Waals surface area contributed by atoms with Crippen LogP contribution < -0.4 is 5.32 Å². The third-order valence-corrected chi connectivity index (χ3v) is 5.23. The minimum atomic E-state index is -0.984. The summed E-state index contributed by atoms with van der Waals surface area (Å²) in [6, 6.07) is 8.66. The number of H-pyrrole nitrogens is 1. The van der Waals surface area contributed by atoms with E-state index < -0.39 is 11.6 Å². The number of carboxylic acid groups (broad SMARTS) is 1. The molecule has 0 saturated carbocycles. The molecule has 3 N–H and O–H groups in total. The summed E-state index contributed by atoms with van der Waals surface area (Å²) in [4.78, 5) is 39.3. The van der Waals surface area contributed by atoms with Gasteiger partial charge >= 0.3 is 12.1 Å². The maximum absolute atomic E-state index is 12.2. The molecule has 3 aromatic rings. The van der Waals surface area contributed by atoms with E-state index in [0.717, 1.165) is 25.2 Å². The number of nitrogens with zero attached hydrogens (tertiary/aromatic N) is 4. The van der Waals surface area contributed by atoms with E-state index in [0.29, 0.717) is 35.9 Å². The molecule has 10 nitrogen and oxygen atoms in total. The van der Waals surface area contributed by atoms with Gasteiger partial charge in [0.25, 0.3) is 0 Å². The Morgan fingerprint density at radius 3 is 2.61 bits per heavy atom. The second-order valence-corrected chi connectivity index (χ2v) is 9.04. The van der Waals surface area contributed by atoms with Crippen LogP contribution in [0.2, 0.25) is 0 Å². The first kappa shape index (κ1) is 22.5. The summed E-state index contributed by atoms with van der Waals surface area (Å²) in [6.07, 6.45) is 1.47. The number of ether oxygens (including phenoxy) is 1. The Bertz CT molecular complexity index is 1160. The number of carbonyl (C=O) groups excluding carboxylic acids is 1. The first-order valence-electron chi connectivity index (χ1n) is 10.8. The van der Waals surface area contributed by atoms with Crippen molar-refractivity contribution in [1.82, 2.24) is 24.8 Å². The summed E-state index contributed by atoms with van der Waals surface area (Å²) in [6.45, 7) is 9.13. The van der Waals surface area contributed by atoms with Crippen LogP contribution >= 0.6 is 0 Å². The fourth-order valence-corrected chi connectivity index (χ4v) is 3.64. The number of aromatic carboxylic acids is 1. The molecule has 0 spiro atoms. The van der Waals surface area contributed by atoms with E-state index in [4.69, 9.17) is 9.84 Å². The number of aromatic nitrogens is 3. The van der Waals surface area contributed by atoms with Crippen LogP contribution in [0, 0.1) is 0 Å². The van der Waals surface area contributed by atoms with Gasteiger partial charge in [0.15, 0.2) is 0 Å². The zero-order valence-electron chi connectivity index (χ0n) is 19.0. The lowest BCUT2D eigenvalue weighted by molar-refractivity contribution is 0.0139. The molecular weight excluding hydrogens is 424 g/mol. The molecule has 2 aromatic heterocycles. The average molecular weight is 453 g/mol. The summed E-state index contributed by atoms with van der Waals surface area (Å²) in [5.41, 5.74) is 2.09. The Morgan fingerprint density at radius 2 is 1.91 bits per heavy atom. The predicted molar refractivity (Wildman–Crippen MR) is 124 cm³/mol. The highest BCUT2D eigenvalue weighted by Crippen LogP contribution is 2.20. The third kappa shape index (κ3) is 5.78. The van der Waals surface area contributed by atoms with Crippen molar-refractivity contribution >= 4 is 34.9 Å². The van der Waals surface area contributed by atoms with Crippen molar-refractivity contribution in [2.75, 3.05) is 31.5 Å². The molecule has 4 rings (SSSR count). The highest BCUT2D eigenvalue weighted by molar-refractivity contribution is 5.92. The van der Waals surface area contributed by atoms with Crippen LogP contribution in [0.5, 0.6) is 0 Å². The van der Waals surface area contributed by atoms with Crippen molar-refractivity contribution in [3.63, 3.8) is 0 Å². The van der Waals surface area contributed by atoms with Crippen molar-refractivity contribution in [3.8, 4) is 0 Å². The summed E-state index contributed by atoms with van der Waals surface area (Å²) in [5.74, 6) is 0.142. The second-order valence-electron chi connectivity index (χ2n) is 9.04. The lowest BCUT2D eigenvalue weighted by Gasteiger charge is -2.35. The van der Waals surface area contributed by atoms with E-state index in [-0.39, 0.29) is 11.7 Å². The standard InChI is InChI=1S/C23H28N6O4/c1-23(2,3)33-22(32)29-10-8-28(9-11-29)14-15-6-7-24-19(12-15)27-21-25-17-5-4-16(20(30)31)13-18(17)26-21/h4-7,12-13H,8-11,14H2,1-3H3,(H,30,31)(H2,24,25,26,27). The molecule has 1 amide bonds. The number of rotatable bonds is 5. The fraction of sp³-hybridized carbons (Fsp3) is 0.391. The second kappa shape index (κ2) is 9.07. The van der Waals surface area contributed by atoms with E-state index >= 15 is 0 Å². The Labute approximate surface area is 191 Å². The zero-order valence-corrected chi connectivity index (χ0v) is 19.0. The van der Waals surface area contributed by atoms with Crippen molar-refractivity contribution in [1.29, 1.82) is 0 Å². The Morgan fingerprint density at radius 1 is 1.15 bits per heavy atom. The van der Waals surface area contributed by atoms with Gasteiger partial charge in [-0.05, 0) is 56.7 Å². The summed E-state index contributed by atoms with van der Waals surface area (Å²) < 4.78 is 5.46. The summed E-state index contributed by atoms with van der Waals surface area (Å²) >= 11 is 0. The van der Waals surface area contributed by atoms with E-state index in [1.165, 1.54) is 6.07 Å². The predicted octanol–water partition coefficient (Wildman–Crippen LogP) is 3.45. The molecule has 1 aliphatic heterocycles. The molecule has 1 aromatic carbocycles. The Hall–Kier alpha value is -3.66. The maximum Gasteiger partial charge on any atom is 0.410 e. The Kier molecular flexibility index (Phi) is 6.19. The largest absolute Gasteiger partial charge is 0.478 e. The van der Waals surface area contributed by atoms with Crippen molar-refractivity contribution < 1.29 is 19.4 Å². The molecular formula is C23H28N6O4. The van der Waals surface area contributed by atoms with Crippen LogP contribution in [0.3, 0.4) is 0 Å². The highest BCUT2D eigenvalue weighted by atomic mass is 16.6. The lowest BCUT2D eigenvalue weighted by atomic mass is 10.2. The van der Waals surface area contributed by atoms with Gasteiger partial charge in [0, 0.05) is 38.9 Å². The fourth-order valence-electron chi connectivity index (χ4n) is 3.64. The SMILES string of the molecule is CC(C)(C)OC(=O)N1CCN(Cc2ccnc(Nc3nc4ccc(C(=O)O)cc4[nH]3)c2)CC1. The number of nitrogens with one attached hydrogen (secondary N) is 2. The van der Waals surface area contributed by atoms with Gasteiger partial charge < -0.3 is 25.0 Å². The third-order valence-electron chi connectivity index (χ3n) is 5.23. The van der Waals surface area contributed by atoms with Gasteiger partial charge in [0.05, 0.1) is 16.6 Å². The molecule has 0 radical (unpaired) electrons. The smallest absolute Gasteiger partial charge is 0.410 e. The minimum Gasteiger partial charge on any atom is -0.478 e. The first-order valence-corrected chi connectivity index (χ1v) is 10.8. The number of piperazine rings is 1. The van der Waals surface area contributed by atoms with Crippen LogP contribution in [0.4, 0.5) is 16.6 Å². The number of fused-ring (bicyclic) bond motifs is 1. The maximum atomic E-state index is 12.2. The minimum absolute atomic E-state index is 0.199. The van der Waals surface area contributed by atoms with E-state index in [9.17, 15) is 9.59 Å². The first-order chi connectivity index (χ1) is 15.7. The molecule has 0 bridgehead atoms. The molecule has 174 valence electrons. The van der Waals surface area contributed by atoms with Gasteiger partial charge in [-0.2, -0.15) is 0 Å². The van der Waals surface area contributed by atoms with Crippen LogP contribution in [0.25, 0.3) is 11.0 Å². The molecule has 33 heavy (non-hydrogen) atoms. The van der Waals surface area contributed by atoms with E-state index in [1.54, 1.807) is 23.2 Å². The lowest BCUT2D eigenvalue weighted by Crippen LogP contribution is -2.49. The number of benzene rings is 1. The summed E-state index contributed by atoms with van der Waals surface area (Å²) in [5, 5.41) is 12.3. The molecule has 1 aliphatic rings. The molecule has 3 heterocycles. The Balaban J connectivity index is 1.35. The van der Waals surface area contributed by atoms with Crippen LogP contribution in [-0.2, 0) is 11.3 Å². The van der Waals surface area contributed by atoms with Gasteiger partial charge in [0.2, 0.25) is 5.95 Å². The number of hydrogen-bond donors (Lipinski definition) is 3. The van der Waals surface area contributed by atoms with E-state index in [1.807, 2.05) is 32.9 Å². The highest BCUT2D eigenvalue weighted by Gasteiger charge is 2.25. The van der Waals surface area contributed by atoms with Gasteiger partial charge in [0.1, 0.15) is 11.4 Å². The van der Waals surface area contributed by atoms with Crippen LogP contribution in [0.15, 0.2) is 36.5 Å². The normalized spacial score (nSPS) is 14.9. The molecule has 1 fully saturated rings. The van der Waals surface area contributed by atoms with Gasteiger partial charge in [-0.25, -0.2) is 19.6 Å². The number of aromatic amines is 1. The number of carbonyl (C=O) groups is 2. The summed E-state index contributed by atoms with van der Waals surface area (Å²) in [7, 11) is 0. The van der Waals surface area contributed by atoms with Crippen molar-refractivity contribution in [3.05, 3.63) is 47.7 Å². The van der Waals surface area contributed by atoms with Crippen molar-refractivity contribution in [2.24, 2.45) is 0 Å². The van der Waals surface area contributed by atoms with Crippen LogP contribution in [0.1, 0.15) is 36.7 Å². The number of hydrogen-bond acceptors (Lipinski definition) is 7. The number of amides is 1.